The number of ether oxygens (including phenoxy) is 1. The fourth-order valence-electron chi connectivity index (χ4n) is 4.07. The molecular formula is C22H27N3O3Si. The van der Waals surface area contributed by atoms with E-state index in [1.54, 1.807) is 0 Å². The highest BCUT2D eigenvalue weighted by Crippen LogP contribution is 2.38. The van der Waals surface area contributed by atoms with Gasteiger partial charge in [-0.3, -0.25) is 4.79 Å². The molecule has 0 aromatic heterocycles. The van der Waals surface area contributed by atoms with Crippen LogP contribution in [0.5, 0.6) is 0 Å². The van der Waals surface area contributed by atoms with Gasteiger partial charge in [-0.15, -0.1) is 0 Å². The Labute approximate surface area is 172 Å². The Bertz CT molecular complexity index is 838. The van der Waals surface area contributed by atoms with Gasteiger partial charge in [0.05, 0.1) is 12.6 Å². The topological polar surface area (TPSA) is 84.3 Å². The van der Waals surface area contributed by atoms with E-state index in [0.29, 0.717) is 12.8 Å². The van der Waals surface area contributed by atoms with Crippen LogP contribution in [0.15, 0.2) is 65.8 Å². The van der Waals surface area contributed by atoms with Crippen molar-refractivity contribution in [2.24, 2.45) is 5.11 Å². The Balaban J connectivity index is 2.15. The highest BCUT2D eigenvalue weighted by molar-refractivity contribution is 6.99. The van der Waals surface area contributed by atoms with Crippen LogP contribution in [0.25, 0.3) is 10.4 Å². The van der Waals surface area contributed by atoms with Gasteiger partial charge in [-0.2, -0.15) is 0 Å². The van der Waals surface area contributed by atoms with Crippen molar-refractivity contribution < 1.29 is 14.0 Å². The van der Waals surface area contributed by atoms with Crippen molar-refractivity contribution in [3.8, 4) is 0 Å². The second-order valence-electron chi connectivity index (χ2n) is 8.30. The Morgan fingerprint density at radius 2 is 1.69 bits per heavy atom. The molecule has 2 aromatic carbocycles. The van der Waals surface area contributed by atoms with Crippen molar-refractivity contribution >= 4 is 24.7 Å². The lowest BCUT2D eigenvalue weighted by molar-refractivity contribution is -0.144. The summed E-state index contributed by atoms with van der Waals surface area (Å²) >= 11 is 0. The Morgan fingerprint density at radius 3 is 2.10 bits per heavy atom. The number of hydrogen-bond acceptors (Lipinski definition) is 4. The van der Waals surface area contributed by atoms with E-state index in [4.69, 9.17) is 14.7 Å². The van der Waals surface area contributed by atoms with Gasteiger partial charge in [0, 0.05) is 11.3 Å². The van der Waals surface area contributed by atoms with Gasteiger partial charge in [0.15, 0.2) is 0 Å². The minimum absolute atomic E-state index is 0.124. The van der Waals surface area contributed by atoms with Crippen LogP contribution in [0.1, 0.15) is 33.6 Å². The van der Waals surface area contributed by atoms with E-state index in [0.717, 1.165) is 10.4 Å². The summed E-state index contributed by atoms with van der Waals surface area (Å²) in [7, 11) is -2.83. The van der Waals surface area contributed by atoms with E-state index < -0.39 is 20.5 Å². The Kier molecular flexibility index (Phi) is 6.42. The average Bonchev–Trinajstić information content (AvgIpc) is 3.15. The predicted octanol–water partition coefficient (Wildman–Crippen LogP) is 3.95. The van der Waals surface area contributed by atoms with Crippen LogP contribution in [0.2, 0.25) is 5.04 Å². The minimum atomic E-state index is -2.83. The third-order valence-electron chi connectivity index (χ3n) is 5.40. The first-order valence-electron chi connectivity index (χ1n) is 9.87. The van der Waals surface area contributed by atoms with Gasteiger partial charge in [0.25, 0.3) is 8.32 Å². The molecule has 29 heavy (non-hydrogen) atoms. The first-order chi connectivity index (χ1) is 13.9. The van der Waals surface area contributed by atoms with Crippen LogP contribution < -0.4 is 10.4 Å². The summed E-state index contributed by atoms with van der Waals surface area (Å²) in [4.78, 5) is 14.7. The molecule has 1 aliphatic heterocycles. The van der Waals surface area contributed by atoms with Gasteiger partial charge in [-0.1, -0.05) is 86.5 Å². The number of hydrogen-bond donors (Lipinski definition) is 0. The maximum absolute atomic E-state index is 11.8. The zero-order valence-electron chi connectivity index (χ0n) is 17.1. The SMILES string of the molecule is CC(C)(C)[Si](O[C@H](CN=[N+]=[N-])[C@@H]1CCC(=O)O1)(c1ccccc1)c1ccccc1. The van der Waals surface area contributed by atoms with Crippen molar-refractivity contribution in [2.45, 2.75) is 50.9 Å². The number of benzene rings is 2. The van der Waals surface area contributed by atoms with Gasteiger partial charge in [0.1, 0.15) is 6.10 Å². The molecule has 0 unspecified atom stereocenters. The van der Waals surface area contributed by atoms with Gasteiger partial charge < -0.3 is 9.16 Å². The van der Waals surface area contributed by atoms with Crippen molar-refractivity contribution in [3.63, 3.8) is 0 Å². The number of esters is 1. The fraction of sp³-hybridized carbons (Fsp3) is 0.409. The van der Waals surface area contributed by atoms with Gasteiger partial charge in [-0.05, 0) is 27.4 Å². The highest BCUT2D eigenvalue weighted by atomic mass is 28.4. The molecule has 1 fully saturated rings. The zero-order valence-corrected chi connectivity index (χ0v) is 18.1. The van der Waals surface area contributed by atoms with Gasteiger partial charge in [0.2, 0.25) is 0 Å². The van der Waals surface area contributed by atoms with Gasteiger partial charge >= 0.3 is 5.97 Å². The minimum Gasteiger partial charge on any atom is -0.460 e. The van der Waals surface area contributed by atoms with Crippen molar-refractivity contribution in [1.82, 2.24) is 0 Å². The van der Waals surface area contributed by atoms with Gasteiger partial charge in [-0.25, -0.2) is 0 Å². The maximum atomic E-state index is 11.8. The molecule has 0 aliphatic carbocycles. The summed E-state index contributed by atoms with van der Waals surface area (Å²) in [5, 5.41) is 5.83. The molecule has 0 saturated carbocycles. The van der Waals surface area contributed by atoms with Crippen molar-refractivity contribution in [1.29, 1.82) is 0 Å². The lowest BCUT2D eigenvalue weighted by atomic mass is 10.1. The van der Waals surface area contributed by atoms with Crippen LogP contribution >= 0.6 is 0 Å². The lowest BCUT2D eigenvalue weighted by Gasteiger charge is -2.45. The Hall–Kier alpha value is -2.60. The normalized spacial score (nSPS) is 18.0. The molecule has 2 atom stereocenters. The smallest absolute Gasteiger partial charge is 0.306 e. The first kappa shape index (κ1) is 21.1. The third-order valence-corrected chi connectivity index (χ3v) is 10.5. The van der Waals surface area contributed by atoms with Crippen LogP contribution in [0, 0.1) is 0 Å². The molecule has 0 spiro atoms. The molecule has 0 N–H and O–H groups in total. The first-order valence-corrected chi connectivity index (χ1v) is 11.8. The van der Waals surface area contributed by atoms with E-state index in [1.165, 1.54) is 0 Å². The van der Waals surface area contributed by atoms with E-state index in [9.17, 15) is 4.79 Å². The van der Waals surface area contributed by atoms with E-state index >= 15 is 0 Å². The van der Waals surface area contributed by atoms with Crippen LogP contribution in [0.3, 0.4) is 0 Å². The average molecular weight is 410 g/mol. The second-order valence-corrected chi connectivity index (χ2v) is 12.6. The van der Waals surface area contributed by atoms with Crippen LogP contribution in [-0.2, 0) is 14.0 Å². The van der Waals surface area contributed by atoms with Crippen molar-refractivity contribution in [2.75, 3.05) is 6.54 Å². The summed E-state index contributed by atoms with van der Waals surface area (Å²) in [5.41, 5.74) is 8.91. The molecule has 1 aliphatic rings. The highest BCUT2D eigenvalue weighted by Gasteiger charge is 2.52. The third kappa shape index (κ3) is 4.37. The molecule has 2 aromatic rings. The van der Waals surface area contributed by atoms with Crippen LogP contribution in [0.4, 0.5) is 0 Å². The molecule has 1 saturated heterocycles. The maximum Gasteiger partial charge on any atom is 0.306 e. The van der Waals surface area contributed by atoms with E-state index in [1.807, 2.05) is 36.4 Å². The lowest BCUT2D eigenvalue weighted by Crippen LogP contribution is -2.68. The molecule has 0 amide bonds. The summed E-state index contributed by atoms with van der Waals surface area (Å²) in [5.74, 6) is -0.230. The summed E-state index contributed by atoms with van der Waals surface area (Å²) < 4.78 is 12.5. The summed E-state index contributed by atoms with van der Waals surface area (Å²) in [6.07, 6.45) is 0.0304. The molecule has 152 valence electrons. The van der Waals surface area contributed by atoms with E-state index in [2.05, 4.69) is 55.1 Å². The second kappa shape index (κ2) is 8.82. The fourth-order valence-corrected chi connectivity index (χ4v) is 8.77. The molecule has 1 heterocycles. The monoisotopic (exact) mass is 409 g/mol. The standard InChI is InChI=1S/C22H27N3O3Si/c1-22(2,3)29(17-10-6-4-7-11-17,18-12-8-5-9-13-18)28-20(16-24-25-23)19-14-15-21(26)27-19/h4-13,19-20H,14-16H2,1-3H3/t19-,20+/m0/s1. The molecule has 7 heteroatoms. The largest absolute Gasteiger partial charge is 0.460 e. The number of cyclic esters (lactones) is 1. The number of rotatable bonds is 7. The number of azide groups is 1. The summed E-state index contributed by atoms with van der Waals surface area (Å²) in [6, 6.07) is 20.5. The molecule has 3 rings (SSSR count). The Morgan fingerprint density at radius 1 is 1.14 bits per heavy atom. The molecule has 0 bridgehead atoms. The summed E-state index contributed by atoms with van der Waals surface area (Å²) in [6.45, 7) is 6.68. The number of carbonyl (C=O) groups is 1. The number of nitrogens with zero attached hydrogens (tertiary/aromatic N) is 3. The molecule has 0 radical (unpaired) electrons. The number of carbonyl (C=O) groups excluding carboxylic acids is 1. The predicted molar refractivity (Wildman–Crippen MR) is 116 cm³/mol. The zero-order chi connectivity index (χ0) is 20.9. The van der Waals surface area contributed by atoms with Crippen LogP contribution in [-0.4, -0.2) is 33.0 Å². The molecule has 6 nitrogen and oxygen atoms in total. The molecular weight excluding hydrogens is 382 g/mol. The quantitative estimate of drug-likeness (QED) is 0.228. The van der Waals surface area contributed by atoms with E-state index in [-0.39, 0.29) is 17.6 Å². The van der Waals surface area contributed by atoms with Crippen molar-refractivity contribution in [3.05, 3.63) is 71.1 Å².